The molecule has 0 saturated heterocycles. The second-order valence-electron chi connectivity index (χ2n) is 8.88. The lowest BCUT2D eigenvalue weighted by molar-refractivity contribution is 0.0276. The van der Waals surface area contributed by atoms with Gasteiger partial charge in [-0.05, 0) is 60.4 Å². The van der Waals surface area contributed by atoms with Gasteiger partial charge >= 0.3 is 11.6 Å². The SMILES string of the molecule is COc1cc2c(c(OC)c1OC)-c1ccc(OC)c(=O)cc1[C@@H](OC(=O)c1cc3ccccc3oc1=O)CC2. The Kier molecular flexibility index (Phi) is 6.98. The molecule has 5 rings (SSSR count). The van der Waals surface area contributed by atoms with Gasteiger partial charge in [0, 0.05) is 16.5 Å². The Hall–Kier alpha value is -4.79. The van der Waals surface area contributed by atoms with Crippen molar-refractivity contribution in [2.24, 2.45) is 0 Å². The van der Waals surface area contributed by atoms with Gasteiger partial charge in [0.25, 0.3) is 0 Å². The molecule has 200 valence electrons. The lowest BCUT2D eigenvalue weighted by atomic mass is 9.96. The van der Waals surface area contributed by atoms with E-state index in [2.05, 4.69) is 0 Å². The van der Waals surface area contributed by atoms with Crippen LogP contribution in [0.15, 0.2) is 68.6 Å². The molecule has 9 heteroatoms. The molecule has 0 amide bonds. The van der Waals surface area contributed by atoms with Crippen LogP contribution in [0.5, 0.6) is 23.0 Å². The van der Waals surface area contributed by atoms with E-state index in [0.29, 0.717) is 57.7 Å². The number of carbonyl (C=O) groups excluding carboxylic acids is 1. The van der Waals surface area contributed by atoms with E-state index >= 15 is 0 Å². The van der Waals surface area contributed by atoms with Gasteiger partial charge in [-0.1, -0.05) is 18.2 Å². The number of rotatable bonds is 6. The Morgan fingerprint density at radius 1 is 0.846 bits per heavy atom. The maximum Gasteiger partial charge on any atom is 0.351 e. The molecule has 0 saturated carbocycles. The van der Waals surface area contributed by atoms with Crippen molar-refractivity contribution in [2.75, 3.05) is 28.4 Å². The average Bonchev–Trinajstić information content (AvgIpc) is 3.19. The van der Waals surface area contributed by atoms with Crippen LogP contribution in [0.1, 0.15) is 34.0 Å². The van der Waals surface area contributed by atoms with E-state index in [4.69, 9.17) is 28.1 Å². The number of ether oxygens (including phenoxy) is 5. The first-order chi connectivity index (χ1) is 18.9. The molecule has 1 heterocycles. The van der Waals surface area contributed by atoms with E-state index in [1.165, 1.54) is 40.6 Å². The van der Waals surface area contributed by atoms with Gasteiger partial charge in [0.05, 0.1) is 28.4 Å². The summed E-state index contributed by atoms with van der Waals surface area (Å²) in [6.45, 7) is 0. The number of carbonyl (C=O) groups is 1. The van der Waals surface area contributed by atoms with Gasteiger partial charge in [-0.25, -0.2) is 9.59 Å². The van der Waals surface area contributed by atoms with E-state index in [1.54, 1.807) is 36.4 Å². The predicted molar refractivity (Wildman–Crippen MR) is 143 cm³/mol. The highest BCUT2D eigenvalue weighted by Crippen LogP contribution is 2.50. The average molecular weight is 531 g/mol. The number of fused-ring (bicyclic) bond motifs is 4. The first-order valence-electron chi connectivity index (χ1n) is 12.2. The maximum atomic E-state index is 13.3. The number of hydrogen-bond acceptors (Lipinski definition) is 9. The first kappa shape index (κ1) is 25.8. The molecule has 39 heavy (non-hydrogen) atoms. The van der Waals surface area contributed by atoms with Crippen molar-refractivity contribution in [3.63, 3.8) is 0 Å². The van der Waals surface area contributed by atoms with Crippen molar-refractivity contribution in [3.05, 3.63) is 91.9 Å². The molecule has 0 aliphatic heterocycles. The maximum absolute atomic E-state index is 13.3. The van der Waals surface area contributed by atoms with E-state index in [-0.39, 0.29) is 11.3 Å². The van der Waals surface area contributed by atoms with Crippen LogP contribution in [-0.4, -0.2) is 34.4 Å². The summed E-state index contributed by atoms with van der Waals surface area (Å²) in [5.74, 6) is 0.526. The highest BCUT2D eigenvalue weighted by atomic mass is 16.5. The normalized spacial score (nSPS) is 14.0. The van der Waals surface area contributed by atoms with Crippen molar-refractivity contribution in [1.29, 1.82) is 0 Å². The molecule has 0 fully saturated rings. The molecule has 1 atom stereocenters. The molecule has 0 unspecified atom stereocenters. The van der Waals surface area contributed by atoms with Crippen molar-refractivity contribution in [1.82, 2.24) is 0 Å². The number of benzene rings is 2. The molecule has 0 N–H and O–H groups in total. The third-order valence-electron chi connectivity index (χ3n) is 6.78. The molecule has 1 aromatic heterocycles. The largest absolute Gasteiger partial charge is 0.493 e. The van der Waals surface area contributed by atoms with Crippen LogP contribution in [-0.2, 0) is 11.2 Å². The molecule has 3 aromatic carbocycles. The van der Waals surface area contributed by atoms with E-state index in [9.17, 15) is 14.4 Å². The number of esters is 1. The van der Waals surface area contributed by atoms with Gasteiger partial charge in [0.2, 0.25) is 11.2 Å². The van der Waals surface area contributed by atoms with Gasteiger partial charge in [0.1, 0.15) is 17.3 Å². The summed E-state index contributed by atoms with van der Waals surface area (Å²) in [5.41, 5.74) is 1.45. The lowest BCUT2D eigenvalue weighted by Crippen LogP contribution is -2.19. The Balaban J connectivity index is 1.68. The molecule has 0 bridgehead atoms. The quantitative estimate of drug-likeness (QED) is 0.259. The minimum absolute atomic E-state index is 0.115. The number of aryl methyl sites for hydroxylation is 1. The van der Waals surface area contributed by atoms with Crippen molar-refractivity contribution >= 4 is 16.9 Å². The summed E-state index contributed by atoms with van der Waals surface area (Å²) in [5, 5.41) is 0.583. The number of hydrogen-bond donors (Lipinski definition) is 0. The molecule has 1 aliphatic rings. The fourth-order valence-corrected chi connectivity index (χ4v) is 4.95. The topological polar surface area (TPSA) is 110 Å². The molecule has 4 aromatic rings. The Labute approximate surface area is 223 Å². The van der Waals surface area contributed by atoms with Gasteiger partial charge in [-0.15, -0.1) is 0 Å². The molecule has 0 radical (unpaired) electrons. The van der Waals surface area contributed by atoms with Crippen molar-refractivity contribution in [3.8, 4) is 34.1 Å². The predicted octanol–water partition coefficient (Wildman–Crippen LogP) is 4.70. The first-order valence-corrected chi connectivity index (χ1v) is 12.2. The van der Waals surface area contributed by atoms with Gasteiger partial charge in [0.15, 0.2) is 17.2 Å². The zero-order valence-electron chi connectivity index (χ0n) is 21.9. The standard InChI is InChI=1S/C30H26O9/c1-34-24-12-10-18-19(15-21(24)31)23(11-9-17-14-25(35-2)27(36-3)28(37-4)26(17)18)39-30(33)20-13-16-7-5-6-8-22(16)38-29(20)32/h5-8,10,12-15,23H,9,11H2,1-4H3/t23-/m0/s1. The van der Waals surface area contributed by atoms with Crippen LogP contribution in [0, 0.1) is 0 Å². The molecular formula is C30H26O9. The fourth-order valence-electron chi connectivity index (χ4n) is 4.95. The minimum Gasteiger partial charge on any atom is -0.493 e. The third-order valence-corrected chi connectivity index (χ3v) is 6.78. The summed E-state index contributed by atoms with van der Waals surface area (Å²) in [6, 6.07) is 14.8. The van der Waals surface area contributed by atoms with E-state index in [0.717, 1.165) is 5.56 Å². The Morgan fingerprint density at radius 3 is 2.31 bits per heavy atom. The monoisotopic (exact) mass is 530 g/mol. The van der Waals surface area contributed by atoms with Crippen molar-refractivity contribution in [2.45, 2.75) is 18.9 Å². The van der Waals surface area contributed by atoms with Crippen LogP contribution in [0.3, 0.4) is 0 Å². The zero-order valence-corrected chi connectivity index (χ0v) is 21.9. The van der Waals surface area contributed by atoms with Gasteiger partial charge in [-0.3, -0.25) is 4.79 Å². The van der Waals surface area contributed by atoms with Crippen LogP contribution in [0.2, 0.25) is 0 Å². The zero-order chi connectivity index (χ0) is 27.7. The highest BCUT2D eigenvalue weighted by Gasteiger charge is 2.31. The summed E-state index contributed by atoms with van der Waals surface area (Å²) in [7, 11) is 5.96. The summed E-state index contributed by atoms with van der Waals surface area (Å²) in [6.07, 6.45) is -0.118. The van der Waals surface area contributed by atoms with E-state index < -0.39 is 23.1 Å². The van der Waals surface area contributed by atoms with Gasteiger partial charge in [-0.2, -0.15) is 0 Å². The number of methoxy groups -OCH3 is 4. The third kappa shape index (κ3) is 4.56. The van der Waals surface area contributed by atoms with Crippen LogP contribution in [0.25, 0.3) is 22.1 Å². The van der Waals surface area contributed by atoms with E-state index in [1.807, 2.05) is 6.07 Å². The summed E-state index contributed by atoms with van der Waals surface area (Å²) in [4.78, 5) is 39.0. The smallest absolute Gasteiger partial charge is 0.351 e. The number of para-hydroxylation sites is 1. The lowest BCUT2D eigenvalue weighted by Gasteiger charge is -2.19. The Bertz CT molecular complexity index is 1700. The molecule has 1 aliphatic carbocycles. The minimum atomic E-state index is -0.878. The highest BCUT2D eigenvalue weighted by molar-refractivity contribution is 5.93. The van der Waals surface area contributed by atoms with Crippen LogP contribution in [0.4, 0.5) is 0 Å². The molecule has 9 nitrogen and oxygen atoms in total. The van der Waals surface area contributed by atoms with Gasteiger partial charge < -0.3 is 28.1 Å². The Morgan fingerprint density at radius 2 is 1.59 bits per heavy atom. The second-order valence-corrected chi connectivity index (χ2v) is 8.88. The van der Waals surface area contributed by atoms with Crippen LogP contribution < -0.4 is 30.0 Å². The summed E-state index contributed by atoms with van der Waals surface area (Å²) >= 11 is 0. The fraction of sp³-hybridized carbons (Fsp3) is 0.233. The second kappa shape index (κ2) is 10.5. The van der Waals surface area contributed by atoms with Crippen LogP contribution >= 0.6 is 0 Å². The van der Waals surface area contributed by atoms with Crippen molar-refractivity contribution < 1.29 is 32.9 Å². The summed E-state index contributed by atoms with van der Waals surface area (Å²) < 4.78 is 33.4. The molecular weight excluding hydrogens is 504 g/mol. The molecule has 0 spiro atoms.